The summed E-state index contributed by atoms with van der Waals surface area (Å²) < 4.78 is 1.04. The monoisotopic (exact) mass is 355 g/mol. The van der Waals surface area contributed by atoms with E-state index in [-0.39, 0.29) is 23.9 Å². The maximum absolute atomic E-state index is 11.7. The molecular weight excluding hydrogens is 330 g/mol. The normalized spacial score (nSPS) is 15.6. The van der Waals surface area contributed by atoms with Crippen molar-refractivity contribution in [3.63, 3.8) is 0 Å². The van der Waals surface area contributed by atoms with E-state index in [1.165, 1.54) is 5.56 Å². The van der Waals surface area contributed by atoms with Gasteiger partial charge in [-0.1, -0.05) is 41.9 Å². The van der Waals surface area contributed by atoms with Crippen LogP contribution in [0.4, 0.5) is 0 Å². The Labute approximate surface area is 136 Å². The standard InChI is InChI=1S/C16H26BrN3O/c1-5-14(18)15(12-7-6-8-13(17)9-12)20(4)10-11(2)16(21)19-3/h6-9,11,14-15H,5,10,18H2,1-4H3,(H,19,21). The van der Waals surface area contributed by atoms with Crippen LogP contribution in [0.3, 0.4) is 0 Å². The van der Waals surface area contributed by atoms with Crippen LogP contribution in [0.5, 0.6) is 0 Å². The quantitative estimate of drug-likeness (QED) is 0.789. The molecule has 0 saturated carbocycles. The number of likely N-dealkylation sites (N-methyl/N-ethyl adjacent to an activating group) is 1. The summed E-state index contributed by atoms with van der Waals surface area (Å²) >= 11 is 3.51. The molecule has 21 heavy (non-hydrogen) atoms. The van der Waals surface area contributed by atoms with Crippen LogP contribution in [-0.2, 0) is 4.79 Å². The highest BCUT2D eigenvalue weighted by atomic mass is 79.9. The molecule has 0 aliphatic carbocycles. The summed E-state index contributed by atoms with van der Waals surface area (Å²) in [6.45, 7) is 4.70. The highest BCUT2D eigenvalue weighted by molar-refractivity contribution is 9.10. The van der Waals surface area contributed by atoms with Crippen molar-refractivity contribution in [1.29, 1.82) is 0 Å². The molecule has 0 aliphatic heterocycles. The first-order valence-electron chi connectivity index (χ1n) is 7.33. The molecule has 0 aliphatic rings. The SMILES string of the molecule is CCC(N)C(c1cccc(Br)c1)N(C)CC(C)C(=O)NC. The molecule has 3 unspecified atom stereocenters. The first-order chi connectivity index (χ1) is 9.90. The van der Waals surface area contributed by atoms with Crippen molar-refractivity contribution in [1.82, 2.24) is 10.2 Å². The van der Waals surface area contributed by atoms with Crippen LogP contribution < -0.4 is 11.1 Å². The molecule has 1 amide bonds. The summed E-state index contributed by atoms with van der Waals surface area (Å²) in [5.74, 6) is -0.0152. The minimum atomic E-state index is -0.0706. The fourth-order valence-corrected chi connectivity index (χ4v) is 3.03. The average Bonchev–Trinajstić information content (AvgIpc) is 2.46. The number of hydrogen-bond acceptors (Lipinski definition) is 3. The summed E-state index contributed by atoms with van der Waals surface area (Å²) in [6.07, 6.45) is 0.885. The topological polar surface area (TPSA) is 58.4 Å². The Morgan fingerprint density at radius 3 is 2.67 bits per heavy atom. The van der Waals surface area contributed by atoms with Gasteiger partial charge >= 0.3 is 0 Å². The Kier molecular flexibility index (Phi) is 7.35. The van der Waals surface area contributed by atoms with E-state index in [2.05, 4.69) is 45.2 Å². The van der Waals surface area contributed by atoms with Crippen molar-refractivity contribution < 1.29 is 4.79 Å². The van der Waals surface area contributed by atoms with Gasteiger partial charge in [0, 0.05) is 36.1 Å². The first-order valence-corrected chi connectivity index (χ1v) is 8.12. The van der Waals surface area contributed by atoms with Crippen LogP contribution in [-0.4, -0.2) is 37.5 Å². The highest BCUT2D eigenvalue weighted by Gasteiger charge is 2.25. The van der Waals surface area contributed by atoms with Crippen molar-refractivity contribution in [2.45, 2.75) is 32.4 Å². The average molecular weight is 356 g/mol. The second kappa shape index (κ2) is 8.51. The van der Waals surface area contributed by atoms with Crippen LogP contribution in [0.25, 0.3) is 0 Å². The number of carbonyl (C=O) groups excluding carboxylic acids is 1. The number of nitrogens with one attached hydrogen (secondary N) is 1. The van der Waals surface area contributed by atoms with Crippen molar-refractivity contribution in [2.24, 2.45) is 11.7 Å². The summed E-state index contributed by atoms with van der Waals surface area (Å²) in [5.41, 5.74) is 7.50. The van der Waals surface area contributed by atoms with Gasteiger partial charge in [-0.05, 0) is 31.2 Å². The lowest BCUT2D eigenvalue weighted by Crippen LogP contribution is -2.42. The Balaban J connectivity index is 2.95. The van der Waals surface area contributed by atoms with Crippen molar-refractivity contribution in [3.8, 4) is 0 Å². The van der Waals surface area contributed by atoms with E-state index in [9.17, 15) is 4.79 Å². The lowest BCUT2D eigenvalue weighted by atomic mass is 9.95. The molecule has 0 saturated heterocycles. The molecule has 3 N–H and O–H groups in total. The lowest BCUT2D eigenvalue weighted by molar-refractivity contribution is -0.124. The van der Waals surface area contributed by atoms with Crippen molar-refractivity contribution >= 4 is 21.8 Å². The van der Waals surface area contributed by atoms with E-state index >= 15 is 0 Å². The molecule has 5 heteroatoms. The number of nitrogens with zero attached hydrogens (tertiary/aromatic N) is 1. The van der Waals surface area contributed by atoms with Crippen LogP contribution in [0.2, 0.25) is 0 Å². The molecule has 0 spiro atoms. The predicted octanol–water partition coefficient (Wildman–Crippen LogP) is 2.54. The zero-order chi connectivity index (χ0) is 16.0. The van der Waals surface area contributed by atoms with Crippen molar-refractivity contribution in [2.75, 3.05) is 20.6 Å². The van der Waals surface area contributed by atoms with Crippen LogP contribution in [0.15, 0.2) is 28.7 Å². The molecule has 3 atom stereocenters. The van der Waals surface area contributed by atoms with E-state index < -0.39 is 0 Å². The minimum absolute atomic E-state index is 0.0289. The molecule has 0 radical (unpaired) electrons. The molecule has 0 aromatic heterocycles. The molecule has 118 valence electrons. The molecule has 4 nitrogen and oxygen atoms in total. The highest BCUT2D eigenvalue weighted by Crippen LogP contribution is 2.27. The van der Waals surface area contributed by atoms with Gasteiger partial charge in [-0.15, -0.1) is 0 Å². The number of rotatable bonds is 7. The third-order valence-electron chi connectivity index (χ3n) is 3.80. The molecule has 0 heterocycles. The number of benzene rings is 1. The van der Waals surface area contributed by atoms with E-state index in [1.54, 1.807) is 7.05 Å². The van der Waals surface area contributed by atoms with Gasteiger partial charge in [-0.25, -0.2) is 0 Å². The van der Waals surface area contributed by atoms with Gasteiger partial charge in [0.25, 0.3) is 0 Å². The molecule has 1 rings (SSSR count). The maximum Gasteiger partial charge on any atom is 0.223 e. The zero-order valence-corrected chi connectivity index (χ0v) is 14.9. The van der Waals surface area contributed by atoms with Crippen molar-refractivity contribution in [3.05, 3.63) is 34.3 Å². The van der Waals surface area contributed by atoms with Gasteiger partial charge < -0.3 is 11.1 Å². The van der Waals surface area contributed by atoms with Gasteiger partial charge in [-0.3, -0.25) is 9.69 Å². The molecule has 1 aromatic rings. The second-order valence-corrected chi connectivity index (χ2v) is 6.44. The number of amides is 1. The summed E-state index contributed by atoms with van der Waals surface area (Å²) in [4.78, 5) is 13.9. The van der Waals surface area contributed by atoms with Crippen LogP contribution in [0.1, 0.15) is 31.9 Å². The number of hydrogen-bond donors (Lipinski definition) is 2. The van der Waals surface area contributed by atoms with E-state index in [4.69, 9.17) is 5.73 Å². The molecular formula is C16H26BrN3O. The van der Waals surface area contributed by atoms with Gasteiger partial charge in [0.05, 0.1) is 0 Å². The Morgan fingerprint density at radius 2 is 2.14 bits per heavy atom. The third-order valence-corrected chi connectivity index (χ3v) is 4.29. The zero-order valence-electron chi connectivity index (χ0n) is 13.3. The van der Waals surface area contributed by atoms with E-state index in [1.807, 2.05) is 26.1 Å². The fourth-order valence-electron chi connectivity index (χ4n) is 2.62. The smallest absolute Gasteiger partial charge is 0.223 e. The fraction of sp³-hybridized carbons (Fsp3) is 0.562. The second-order valence-electron chi connectivity index (χ2n) is 5.53. The first kappa shape index (κ1) is 18.1. The Hall–Kier alpha value is -0.910. The number of halogens is 1. The molecule has 0 fully saturated rings. The third kappa shape index (κ3) is 5.09. The summed E-state index contributed by atoms with van der Waals surface area (Å²) in [7, 11) is 3.70. The molecule has 1 aromatic carbocycles. The van der Waals surface area contributed by atoms with E-state index in [0.717, 1.165) is 10.9 Å². The Morgan fingerprint density at radius 1 is 1.48 bits per heavy atom. The Bertz CT molecular complexity index is 467. The van der Waals surface area contributed by atoms with Gasteiger partial charge in [0.1, 0.15) is 0 Å². The van der Waals surface area contributed by atoms with Gasteiger partial charge in [0.2, 0.25) is 5.91 Å². The minimum Gasteiger partial charge on any atom is -0.359 e. The number of nitrogens with two attached hydrogens (primary N) is 1. The summed E-state index contributed by atoms with van der Waals surface area (Å²) in [5, 5.41) is 2.70. The predicted molar refractivity (Wildman–Crippen MR) is 91.0 cm³/mol. The summed E-state index contributed by atoms with van der Waals surface area (Å²) in [6, 6.07) is 8.34. The number of carbonyl (C=O) groups is 1. The molecule has 0 bridgehead atoms. The largest absolute Gasteiger partial charge is 0.359 e. The van der Waals surface area contributed by atoms with Gasteiger partial charge in [0.15, 0.2) is 0 Å². The van der Waals surface area contributed by atoms with Gasteiger partial charge in [-0.2, -0.15) is 0 Å². The van der Waals surface area contributed by atoms with Crippen LogP contribution >= 0.6 is 15.9 Å². The van der Waals surface area contributed by atoms with Crippen LogP contribution in [0, 0.1) is 5.92 Å². The van der Waals surface area contributed by atoms with E-state index in [0.29, 0.717) is 6.54 Å². The lowest BCUT2D eigenvalue weighted by Gasteiger charge is -2.34. The maximum atomic E-state index is 11.7.